The van der Waals surface area contributed by atoms with E-state index < -0.39 is 12.4 Å². The smallest absolute Gasteiger partial charge is 0.491 e. The minimum atomic E-state index is -4.77. The van der Waals surface area contributed by atoms with Crippen molar-refractivity contribution in [3.8, 4) is 17.2 Å². The Balaban J connectivity index is 1.56. The molecule has 35 heavy (non-hydrogen) atoms. The normalized spacial score (nSPS) is 14.1. The van der Waals surface area contributed by atoms with Gasteiger partial charge in [0, 0.05) is 17.1 Å². The molecule has 5 nitrogen and oxygen atoms in total. The summed E-state index contributed by atoms with van der Waals surface area (Å²) in [6.45, 7) is 4.32. The van der Waals surface area contributed by atoms with E-state index >= 15 is 0 Å². The number of carbonyl (C=O) groups is 1. The lowest BCUT2D eigenvalue weighted by Crippen LogP contribution is -2.33. The Morgan fingerprint density at radius 2 is 1.57 bits per heavy atom. The highest BCUT2D eigenvalue weighted by Gasteiger charge is 2.34. The molecule has 1 aliphatic rings. The molecular formula is C26H23ClF3NO4. The van der Waals surface area contributed by atoms with Gasteiger partial charge in [0.2, 0.25) is 0 Å². The van der Waals surface area contributed by atoms with Gasteiger partial charge in [-0.1, -0.05) is 29.8 Å². The van der Waals surface area contributed by atoms with Crippen LogP contribution in [0.1, 0.15) is 41.4 Å². The molecule has 0 N–H and O–H groups in total. The predicted molar refractivity (Wildman–Crippen MR) is 125 cm³/mol. The molecule has 3 aromatic rings. The topological polar surface area (TPSA) is 48.0 Å². The molecule has 184 valence electrons. The third kappa shape index (κ3) is 6.19. The van der Waals surface area contributed by atoms with Gasteiger partial charge in [-0.3, -0.25) is 4.79 Å². The van der Waals surface area contributed by atoms with Crippen LogP contribution < -0.4 is 14.2 Å². The van der Waals surface area contributed by atoms with Crippen molar-refractivity contribution in [1.29, 1.82) is 0 Å². The molecular weight excluding hydrogens is 483 g/mol. The molecule has 9 heteroatoms. The Bertz CT molecular complexity index is 1180. The van der Waals surface area contributed by atoms with Crippen LogP contribution in [-0.4, -0.2) is 29.9 Å². The monoisotopic (exact) mass is 505 g/mol. The van der Waals surface area contributed by atoms with E-state index in [1.54, 1.807) is 17.0 Å². The van der Waals surface area contributed by atoms with E-state index in [9.17, 15) is 18.0 Å². The first-order valence-electron chi connectivity index (χ1n) is 10.9. The number of rotatable bonds is 8. The summed E-state index contributed by atoms with van der Waals surface area (Å²) in [5.74, 6) is 0.528. The second kappa shape index (κ2) is 10.1. The van der Waals surface area contributed by atoms with Gasteiger partial charge < -0.3 is 19.1 Å². The summed E-state index contributed by atoms with van der Waals surface area (Å²) in [5.41, 5.74) is 2.22. The maximum Gasteiger partial charge on any atom is 0.573 e. The van der Waals surface area contributed by atoms with Gasteiger partial charge in [-0.05, 0) is 73.5 Å². The summed E-state index contributed by atoms with van der Waals surface area (Å²) in [6.07, 6.45) is -4.75. The summed E-state index contributed by atoms with van der Waals surface area (Å²) in [7, 11) is 0. The van der Waals surface area contributed by atoms with E-state index in [-0.39, 0.29) is 24.4 Å². The Labute approximate surface area is 206 Å². The van der Waals surface area contributed by atoms with Crippen molar-refractivity contribution < 1.29 is 32.2 Å². The maximum absolute atomic E-state index is 13.2. The largest absolute Gasteiger partial charge is 0.573 e. The number of benzene rings is 3. The third-order valence-electron chi connectivity index (χ3n) is 5.38. The van der Waals surface area contributed by atoms with Crippen LogP contribution in [0.25, 0.3) is 0 Å². The Kier molecular flexibility index (Phi) is 7.12. The lowest BCUT2D eigenvalue weighted by atomic mass is 10.1. The van der Waals surface area contributed by atoms with Gasteiger partial charge in [-0.25, -0.2) is 0 Å². The van der Waals surface area contributed by atoms with Crippen LogP contribution in [0.2, 0.25) is 5.02 Å². The van der Waals surface area contributed by atoms with E-state index in [0.717, 1.165) is 11.1 Å². The van der Waals surface area contributed by atoms with Gasteiger partial charge in [0.1, 0.15) is 23.9 Å². The van der Waals surface area contributed by atoms with Crippen molar-refractivity contribution in [2.24, 2.45) is 0 Å². The highest BCUT2D eigenvalue weighted by molar-refractivity contribution is 6.31. The molecule has 0 radical (unpaired) electrons. The first-order chi connectivity index (χ1) is 16.6. The minimum Gasteiger partial charge on any atom is -0.491 e. The molecule has 0 aliphatic carbocycles. The number of halogens is 4. The average Bonchev–Trinajstić information content (AvgIpc) is 3.10. The number of fused-ring (bicyclic) bond motifs is 1. The summed E-state index contributed by atoms with van der Waals surface area (Å²) < 4.78 is 52.8. The maximum atomic E-state index is 13.2. The van der Waals surface area contributed by atoms with Crippen molar-refractivity contribution in [2.75, 3.05) is 6.61 Å². The van der Waals surface area contributed by atoms with Crippen molar-refractivity contribution in [2.45, 2.75) is 38.9 Å². The van der Waals surface area contributed by atoms with Crippen molar-refractivity contribution >= 4 is 17.5 Å². The zero-order valence-electron chi connectivity index (χ0n) is 19.0. The molecule has 3 aromatic carbocycles. The lowest BCUT2D eigenvalue weighted by molar-refractivity contribution is -0.274. The first-order valence-corrected chi connectivity index (χ1v) is 11.3. The first kappa shape index (κ1) is 24.7. The van der Waals surface area contributed by atoms with Crippen LogP contribution in [0.4, 0.5) is 13.2 Å². The average molecular weight is 506 g/mol. The van der Waals surface area contributed by atoms with Gasteiger partial charge in [-0.2, -0.15) is 0 Å². The van der Waals surface area contributed by atoms with Crippen molar-refractivity contribution in [1.82, 2.24) is 4.90 Å². The fourth-order valence-electron chi connectivity index (χ4n) is 3.87. The van der Waals surface area contributed by atoms with Crippen LogP contribution in [0, 0.1) is 0 Å². The summed E-state index contributed by atoms with van der Waals surface area (Å²) in [5, 5.41) is 0.475. The van der Waals surface area contributed by atoms with Gasteiger partial charge in [0.05, 0.1) is 12.1 Å². The summed E-state index contributed by atoms with van der Waals surface area (Å²) >= 11 is 6.10. The quantitative estimate of drug-likeness (QED) is 0.338. The molecule has 0 saturated heterocycles. The second-order valence-electron chi connectivity index (χ2n) is 8.32. The molecule has 0 spiro atoms. The molecule has 4 rings (SSSR count). The molecule has 1 heterocycles. The highest BCUT2D eigenvalue weighted by atomic mass is 35.5. The van der Waals surface area contributed by atoms with E-state index in [2.05, 4.69) is 4.74 Å². The number of nitrogens with zero attached hydrogens (tertiary/aromatic N) is 1. The van der Waals surface area contributed by atoms with Gasteiger partial charge in [-0.15, -0.1) is 13.2 Å². The minimum absolute atomic E-state index is 0.0173. The molecule has 1 amide bonds. The van der Waals surface area contributed by atoms with Gasteiger partial charge >= 0.3 is 6.36 Å². The number of carbonyl (C=O) groups excluding carboxylic acids is 1. The van der Waals surface area contributed by atoms with Crippen molar-refractivity contribution in [3.63, 3.8) is 0 Å². The Morgan fingerprint density at radius 3 is 2.20 bits per heavy atom. The van der Waals surface area contributed by atoms with Crippen LogP contribution in [0.3, 0.4) is 0 Å². The molecule has 1 unspecified atom stereocenters. The van der Waals surface area contributed by atoms with Gasteiger partial charge in [0.15, 0.2) is 0 Å². The number of hydrogen-bond donors (Lipinski definition) is 0. The third-order valence-corrected chi connectivity index (χ3v) is 5.62. The van der Waals surface area contributed by atoms with Crippen LogP contribution >= 0.6 is 11.6 Å². The Hall–Kier alpha value is -3.39. The van der Waals surface area contributed by atoms with Crippen LogP contribution in [0.5, 0.6) is 17.2 Å². The molecule has 1 aliphatic heterocycles. The van der Waals surface area contributed by atoms with Crippen LogP contribution in [-0.2, 0) is 6.54 Å². The zero-order valence-corrected chi connectivity index (χ0v) is 19.8. The van der Waals surface area contributed by atoms with Gasteiger partial charge in [0.25, 0.3) is 5.91 Å². The number of hydrogen-bond acceptors (Lipinski definition) is 4. The summed E-state index contributed by atoms with van der Waals surface area (Å²) in [4.78, 5) is 14.9. The number of amides is 1. The van der Waals surface area contributed by atoms with E-state index in [1.807, 2.05) is 44.2 Å². The molecule has 0 fully saturated rings. The molecule has 1 atom stereocenters. The van der Waals surface area contributed by atoms with E-state index in [4.69, 9.17) is 21.1 Å². The van der Waals surface area contributed by atoms with E-state index in [1.165, 1.54) is 24.3 Å². The lowest BCUT2D eigenvalue weighted by Gasteiger charge is -2.28. The fourth-order valence-corrected chi connectivity index (χ4v) is 4.04. The fraction of sp³-hybridized carbons (Fsp3) is 0.269. The molecule has 0 bridgehead atoms. The SMILES string of the molecule is CC(C)Oc1ccc(C(COc2ccc(OC(F)(F)F)cc2)N2Cc3ccc(Cl)cc3C2=O)cc1. The van der Waals surface area contributed by atoms with Crippen molar-refractivity contribution in [3.05, 3.63) is 88.4 Å². The molecule has 0 saturated carbocycles. The zero-order chi connectivity index (χ0) is 25.2. The summed E-state index contributed by atoms with van der Waals surface area (Å²) in [6, 6.07) is 17.3. The Morgan fingerprint density at radius 1 is 0.943 bits per heavy atom. The number of alkyl halides is 3. The predicted octanol–water partition coefficient (Wildman–Crippen LogP) is 6.80. The van der Waals surface area contributed by atoms with E-state index in [0.29, 0.717) is 28.6 Å². The van der Waals surface area contributed by atoms with Crippen LogP contribution in [0.15, 0.2) is 66.7 Å². The second-order valence-corrected chi connectivity index (χ2v) is 8.75. The number of ether oxygens (including phenoxy) is 3. The molecule has 0 aromatic heterocycles. The standard InChI is InChI=1S/C26H23ClF3NO4/c1-16(2)34-21-7-4-17(5-8-21)24(31-14-18-3-6-19(27)13-23(18)25(31)32)15-33-20-9-11-22(12-10-20)35-26(28,29)30/h3-13,16,24H,14-15H2,1-2H3. The highest BCUT2D eigenvalue weighted by Crippen LogP contribution is 2.34.